The summed E-state index contributed by atoms with van der Waals surface area (Å²) in [7, 11) is -3.69. The number of carboxylic acids is 1. The third-order valence-electron chi connectivity index (χ3n) is 3.50. The van der Waals surface area contributed by atoms with Crippen LogP contribution in [0.25, 0.3) is 0 Å². The van der Waals surface area contributed by atoms with Crippen molar-refractivity contribution in [1.82, 2.24) is 0 Å². The number of sulfone groups is 1. The Morgan fingerprint density at radius 1 is 1.39 bits per heavy atom. The van der Waals surface area contributed by atoms with E-state index in [4.69, 9.17) is 0 Å². The van der Waals surface area contributed by atoms with Gasteiger partial charge in [0.25, 0.3) is 0 Å². The molecule has 4 nitrogen and oxygen atoms in total. The van der Waals surface area contributed by atoms with Gasteiger partial charge in [-0.05, 0) is 30.5 Å². The Balaban J connectivity index is 2.58. The minimum absolute atomic E-state index is 0.364. The summed E-state index contributed by atoms with van der Waals surface area (Å²) in [6.07, 6.45) is 2.59. The van der Waals surface area contributed by atoms with E-state index in [-0.39, 0.29) is 0 Å². The smallest absolute Gasteiger partial charge is 0.314 e. The number of aliphatic carboxylic acids is 1. The van der Waals surface area contributed by atoms with E-state index in [2.05, 4.69) is 0 Å². The SMILES string of the molecule is CS(=O)(=O)c1cc(C2(C(=O)O)CCC2)ccc1F. The Morgan fingerprint density at radius 3 is 2.39 bits per heavy atom. The molecular weight excluding hydrogens is 259 g/mol. The summed E-state index contributed by atoms with van der Waals surface area (Å²) >= 11 is 0. The van der Waals surface area contributed by atoms with Gasteiger partial charge in [0.15, 0.2) is 9.84 Å². The average molecular weight is 272 g/mol. The molecule has 0 aromatic heterocycles. The van der Waals surface area contributed by atoms with Gasteiger partial charge in [-0.2, -0.15) is 0 Å². The van der Waals surface area contributed by atoms with Crippen LogP contribution in [-0.4, -0.2) is 25.7 Å². The van der Waals surface area contributed by atoms with Crippen LogP contribution in [0.5, 0.6) is 0 Å². The van der Waals surface area contributed by atoms with E-state index in [9.17, 15) is 22.7 Å². The third kappa shape index (κ3) is 1.90. The number of hydrogen-bond acceptors (Lipinski definition) is 3. The van der Waals surface area contributed by atoms with Gasteiger partial charge < -0.3 is 5.11 Å². The van der Waals surface area contributed by atoms with Crippen molar-refractivity contribution in [3.8, 4) is 0 Å². The Bertz CT molecular complexity index is 603. The Kier molecular flexibility index (Phi) is 2.93. The molecule has 1 saturated carbocycles. The van der Waals surface area contributed by atoms with E-state index < -0.39 is 31.9 Å². The second-order valence-corrected chi connectivity index (χ2v) is 6.64. The minimum atomic E-state index is -3.69. The lowest BCUT2D eigenvalue weighted by Gasteiger charge is -2.38. The highest BCUT2D eigenvalue weighted by Gasteiger charge is 2.46. The molecule has 1 aromatic rings. The van der Waals surface area contributed by atoms with Crippen molar-refractivity contribution >= 4 is 15.8 Å². The van der Waals surface area contributed by atoms with Crippen LogP contribution in [0.4, 0.5) is 4.39 Å². The van der Waals surface area contributed by atoms with Gasteiger partial charge in [0, 0.05) is 6.26 Å². The van der Waals surface area contributed by atoms with Gasteiger partial charge in [-0.1, -0.05) is 12.5 Å². The zero-order valence-corrected chi connectivity index (χ0v) is 10.6. The summed E-state index contributed by atoms with van der Waals surface area (Å²) < 4.78 is 36.3. The molecular formula is C12H13FO4S. The van der Waals surface area contributed by atoms with Gasteiger partial charge in [-0.3, -0.25) is 4.79 Å². The summed E-state index contributed by atoms with van der Waals surface area (Å²) in [6, 6.07) is 3.53. The summed E-state index contributed by atoms with van der Waals surface area (Å²) in [5, 5.41) is 9.26. The topological polar surface area (TPSA) is 71.4 Å². The number of benzene rings is 1. The maximum atomic E-state index is 13.5. The zero-order chi connectivity index (χ0) is 13.6. The number of carbonyl (C=O) groups is 1. The molecule has 2 rings (SSSR count). The normalized spacial score (nSPS) is 18.1. The van der Waals surface area contributed by atoms with Crippen molar-refractivity contribution in [2.24, 2.45) is 0 Å². The van der Waals surface area contributed by atoms with E-state index in [0.717, 1.165) is 24.8 Å². The molecule has 0 amide bonds. The van der Waals surface area contributed by atoms with Crippen molar-refractivity contribution < 1.29 is 22.7 Å². The molecule has 18 heavy (non-hydrogen) atoms. The van der Waals surface area contributed by atoms with E-state index >= 15 is 0 Å². The van der Waals surface area contributed by atoms with Crippen LogP contribution in [0.2, 0.25) is 0 Å². The molecule has 98 valence electrons. The Morgan fingerprint density at radius 2 is 2.00 bits per heavy atom. The zero-order valence-electron chi connectivity index (χ0n) is 9.81. The van der Waals surface area contributed by atoms with Crippen LogP contribution in [0.3, 0.4) is 0 Å². The molecule has 0 unspecified atom stereocenters. The monoisotopic (exact) mass is 272 g/mol. The highest BCUT2D eigenvalue weighted by atomic mass is 32.2. The van der Waals surface area contributed by atoms with Gasteiger partial charge in [-0.25, -0.2) is 12.8 Å². The number of carboxylic acid groups (broad SMARTS) is 1. The summed E-state index contributed by atoms with van der Waals surface area (Å²) in [5.74, 6) is -1.83. The first kappa shape index (κ1) is 13.0. The highest BCUT2D eigenvalue weighted by molar-refractivity contribution is 7.90. The molecule has 0 heterocycles. The number of rotatable bonds is 3. The fraction of sp³-hybridized carbons (Fsp3) is 0.417. The first-order valence-corrected chi connectivity index (χ1v) is 7.40. The summed E-state index contributed by atoms with van der Waals surface area (Å²) in [5.41, 5.74) is -0.685. The summed E-state index contributed by atoms with van der Waals surface area (Å²) in [6.45, 7) is 0. The molecule has 1 fully saturated rings. The second kappa shape index (κ2) is 4.05. The molecule has 6 heteroatoms. The molecule has 1 aliphatic carbocycles. The average Bonchev–Trinajstić information content (AvgIpc) is 2.16. The van der Waals surface area contributed by atoms with Gasteiger partial charge >= 0.3 is 5.97 Å². The van der Waals surface area contributed by atoms with Crippen LogP contribution in [0.1, 0.15) is 24.8 Å². The number of hydrogen-bond donors (Lipinski definition) is 1. The van der Waals surface area contributed by atoms with Crippen molar-refractivity contribution in [3.05, 3.63) is 29.6 Å². The van der Waals surface area contributed by atoms with E-state index in [1.54, 1.807) is 0 Å². The molecule has 1 aromatic carbocycles. The molecule has 1 N–H and O–H groups in total. The fourth-order valence-corrected chi connectivity index (χ4v) is 3.00. The molecule has 0 spiro atoms. The van der Waals surface area contributed by atoms with Gasteiger partial charge in [0.1, 0.15) is 10.7 Å². The molecule has 0 bridgehead atoms. The molecule has 1 aliphatic rings. The minimum Gasteiger partial charge on any atom is -0.481 e. The maximum Gasteiger partial charge on any atom is 0.314 e. The third-order valence-corrected chi connectivity index (χ3v) is 4.61. The molecule has 0 saturated heterocycles. The van der Waals surface area contributed by atoms with Crippen LogP contribution in [0, 0.1) is 5.82 Å². The summed E-state index contributed by atoms with van der Waals surface area (Å²) in [4.78, 5) is 10.9. The van der Waals surface area contributed by atoms with Crippen LogP contribution >= 0.6 is 0 Å². The van der Waals surface area contributed by atoms with E-state index in [0.29, 0.717) is 18.4 Å². The van der Waals surface area contributed by atoms with Crippen molar-refractivity contribution in [2.75, 3.05) is 6.26 Å². The standard InChI is InChI=1S/C12H13FO4S/c1-18(16,17)10-7-8(3-4-9(10)13)12(11(14)15)5-2-6-12/h3-4,7H,2,5-6H2,1H3,(H,14,15). The fourth-order valence-electron chi connectivity index (χ4n) is 2.24. The van der Waals surface area contributed by atoms with Crippen LogP contribution in [0.15, 0.2) is 23.1 Å². The largest absolute Gasteiger partial charge is 0.481 e. The molecule has 0 aliphatic heterocycles. The van der Waals surface area contributed by atoms with Crippen molar-refractivity contribution in [3.63, 3.8) is 0 Å². The Labute approximate surface area is 104 Å². The highest BCUT2D eigenvalue weighted by Crippen LogP contribution is 2.44. The Hall–Kier alpha value is -1.43. The van der Waals surface area contributed by atoms with Crippen molar-refractivity contribution in [2.45, 2.75) is 29.6 Å². The molecule has 0 radical (unpaired) electrons. The van der Waals surface area contributed by atoms with E-state index in [1.165, 1.54) is 6.07 Å². The van der Waals surface area contributed by atoms with Crippen LogP contribution in [-0.2, 0) is 20.0 Å². The van der Waals surface area contributed by atoms with E-state index in [1.807, 2.05) is 0 Å². The maximum absolute atomic E-state index is 13.5. The first-order chi connectivity index (χ1) is 8.27. The lowest BCUT2D eigenvalue weighted by Crippen LogP contribution is -2.42. The van der Waals surface area contributed by atoms with Gasteiger partial charge in [0.2, 0.25) is 0 Å². The van der Waals surface area contributed by atoms with Crippen LogP contribution < -0.4 is 0 Å². The lowest BCUT2D eigenvalue weighted by molar-refractivity contribution is -0.147. The lowest BCUT2D eigenvalue weighted by atomic mass is 9.64. The predicted molar refractivity (Wildman–Crippen MR) is 62.7 cm³/mol. The first-order valence-electron chi connectivity index (χ1n) is 5.51. The van der Waals surface area contributed by atoms with Crippen molar-refractivity contribution in [1.29, 1.82) is 0 Å². The second-order valence-electron chi connectivity index (χ2n) is 4.66. The van der Waals surface area contributed by atoms with Gasteiger partial charge in [-0.15, -0.1) is 0 Å². The number of halogens is 1. The predicted octanol–water partition coefficient (Wildman–Crippen LogP) is 1.74. The van der Waals surface area contributed by atoms with Gasteiger partial charge in [0.05, 0.1) is 5.41 Å². The molecule has 0 atom stereocenters. The quantitative estimate of drug-likeness (QED) is 0.909.